The normalized spacial score (nSPS) is 31.7. The van der Waals surface area contributed by atoms with E-state index in [1.807, 2.05) is 12.1 Å². The molecule has 26 heavy (non-hydrogen) atoms. The van der Waals surface area contributed by atoms with Gasteiger partial charge in [-0.05, 0) is 74.0 Å². The Labute approximate surface area is 155 Å². The van der Waals surface area contributed by atoms with Crippen molar-refractivity contribution in [1.82, 2.24) is 10.4 Å². The number of carbonyl (C=O) groups is 2. The van der Waals surface area contributed by atoms with E-state index < -0.39 is 0 Å². The predicted molar refractivity (Wildman–Crippen MR) is 98.0 cm³/mol. The molecule has 2 amide bonds. The highest BCUT2D eigenvalue weighted by Gasteiger charge is 2.54. The third-order valence-electron chi connectivity index (χ3n) is 6.73. The van der Waals surface area contributed by atoms with Gasteiger partial charge in [0.05, 0.1) is 7.11 Å². The molecule has 0 unspecified atom stereocenters. The maximum absolute atomic E-state index is 13.0. The summed E-state index contributed by atoms with van der Waals surface area (Å²) in [4.78, 5) is 29.9. The molecule has 140 valence electrons. The van der Waals surface area contributed by atoms with Gasteiger partial charge in [-0.15, -0.1) is 0 Å². The largest absolute Gasteiger partial charge is 0.352 e. The van der Waals surface area contributed by atoms with E-state index in [0.717, 1.165) is 42.6 Å². The minimum atomic E-state index is -0.184. The predicted octanol–water partition coefficient (Wildman–Crippen LogP) is 3.15. The Morgan fingerprint density at radius 1 is 1.08 bits per heavy atom. The first kappa shape index (κ1) is 17.5. The lowest BCUT2D eigenvalue weighted by Gasteiger charge is -2.55. The summed E-state index contributed by atoms with van der Waals surface area (Å²) in [6, 6.07) is 7.36. The molecular weight excluding hydrogens is 328 g/mol. The Kier molecular flexibility index (Phi) is 4.51. The second kappa shape index (κ2) is 6.69. The van der Waals surface area contributed by atoms with Gasteiger partial charge in [-0.2, -0.15) is 0 Å². The molecule has 0 atom stereocenters. The summed E-state index contributed by atoms with van der Waals surface area (Å²) < 4.78 is 0. The van der Waals surface area contributed by atoms with Gasteiger partial charge in [0.15, 0.2) is 0 Å². The second-order valence-corrected chi connectivity index (χ2v) is 8.56. The maximum atomic E-state index is 13.0. The molecule has 1 aromatic rings. The third-order valence-corrected chi connectivity index (χ3v) is 6.73. The first-order chi connectivity index (χ1) is 12.5. The van der Waals surface area contributed by atoms with Crippen LogP contribution in [0.4, 0.5) is 0 Å². The van der Waals surface area contributed by atoms with Crippen molar-refractivity contribution in [2.24, 2.45) is 23.2 Å². The molecule has 4 bridgehead atoms. The molecule has 0 radical (unpaired) electrons. The highest BCUT2D eigenvalue weighted by atomic mass is 16.7. The van der Waals surface area contributed by atoms with Crippen molar-refractivity contribution in [1.29, 1.82) is 0 Å². The quantitative estimate of drug-likeness (QED) is 0.825. The van der Waals surface area contributed by atoms with Gasteiger partial charge in [0.25, 0.3) is 5.91 Å². The molecule has 5 rings (SSSR count). The Balaban J connectivity index is 1.37. The summed E-state index contributed by atoms with van der Waals surface area (Å²) >= 11 is 0. The second-order valence-electron chi connectivity index (χ2n) is 8.56. The maximum Gasteiger partial charge on any atom is 0.277 e. The van der Waals surface area contributed by atoms with Gasteiger partial charge in [0.2, 0.25) is 5.91 Å². The fraction of sp³-hybridized carbons (Fsp3) is 0.619. The van der Waals surface area contributed by atoms with Crippen LogP contribution in [0.1, 0.15) is 54.4 Å². The van der Waals surface area contributed by atoms with Gasteiger partial charge in [-0.1, -0.05) is 12.1 Å². The SMILES string of the molecule is CON(C)C(=O)c1ccc(CNC(=O)C23CC4CC(CC(C4)C2)C3)cc1. The van der Waals surface area contributed by atoms with E-state index in [4.69, 9.17) is 4.84 Å². The zero-order chi connectivity index (χ0) is 18.3. The number of carbonyl (C=O) groups excluding carboxylic acids is 2. The monoisotopic (exact) mass is 356 g/mol. The molecule has 4 aliphatic rings. The van der Waals surface area contributed by atoms with Crippen LogP contribution >= 0.6 is 0 Å². The average molecular weight is 356 g/mol. The van der Waals surface area contributed by atoms with E-state index in [1.165, 1.54) is 31.4 Å². The molecular formula is C21H28N2O3. The lowest BCUT2D eigenvalue weighted by molar-refractivity contribution is -0.146. The Morgan fingerprint density at radius 3 is 2.12 bits per heavy atom. The molecule has 0 aromatic heterocycles. The van der Waals surface area contributed by atoms with Crippen molar-refractivity contribution in [2.45, 2.75) is 45.1 Å². The van der Waals surface area contributed by atoms with E-state index in [-0.39, 0.29) is 17.2 Å². The number of benzene rings is 1. The minimum Gasteiger partial charge on any atom is -0.352 e. The molecule has 5 heteroatoms. The smallest absolute Gasteiger partial charge is 0.277 e. The fourth-order valence-corrected chi connectivity index (χ4v) is 5.79. The van der Waals surface area contributed by atoms with Crippen LogP contribution in [0.25, 0.3) is 0 Å². The van der Waals surface area contributed by atoms with Crippen molar-refractivity contribution in [3.8, 4) is 0 Å². The van der Waals surface area contributed by atoms with Crippen LogP contribution in [0.2, 0.25) is 0 Å². The molecule has 4 saturated carbocycles. The van der Waals surface area contributed by atoms with Gasteiger partial charge in [-0.3, -0.25) is 14.4 Å². The van der Waals surface area contributed by atoms with E-state index in [0.29, 0.717) is 12.1 Å². The lowest BCUT2D eigenvalue weighted by atomic mass is 9.49. The van der Waals surface area contributed by atoms with Crippen LogP contribution in [-0.2, 0) is 16.2 Å². The highest BCUT2D eigenvalue weighted by molar-refractivity contribution is 5.93. The number of nitrogens with zero attached hydrogens (tertiary/aromatic N) is 1. The number of rotatable bonds is 5. The summed E-state index contributed by atoms with van der Waals surface area (Å²) in [7, 11) is 3.05. The highest BCUT2D eigenvalue weighted by Crippen LogP contribution is 2.60. The van der Waals surface area contributed by atoms with Gasteiger partial charge in [-0.25, -0.2) is 5.06 Å². The lowest BCUT2D eigenvalue weighted by Crippen LogP contribution is -2.53. The van der Waals surface area contributed by atoms with Crippen LogP contribution in [-0.4, -0.2) is 31.0 Å². The molecule has 4 fully saturated rings. The Hall–Kier alpha value is -1.88. The van der Waals surface area contributed by atoms with Crippen molar-refractivity contribution >= 4 is 11.8 Å². The van der Waals surface area contributed by atoms with Gasteiger partial charge in [0.1, 0.15) is 0 Å². The molecule has 1 N–H and O–H groups in total. The topological polar surface area (TPSA) is 58.6 Å². The van der Waals surface area contributed by atoms with E-state index >= 15 is 0 Å². The molecule has 4 aliphatic carbocycles. The molecule has 5 nitrogen and oxygen atoms in total. The molecule has 0 saturated heterocycles. The third kappa shape index (κ3) is 3.13. The standard InChI is InChI=1S/C21H28N2O3/c1-23(26-2)19(24)18-5-3-14(4-6-18)13-22-20(25)21-10-15-7-16(11-21)9-17(8-15)12-21/h3-6,15-17H,7-13H2,1-2H3,(H,22,25). The molecule has 0 spiro atoms. The fourth-order valence-electron chi connectivity index (χ4n) is 5.79. The zero-order valence-corrected chi connectivity index (χ0v) is 15.7. The average Bonchev–Trinajstić information content (AvgIpc) is 2.64. The summed E-state index contributed by atoms with van der Waals surface area (Å²) in [5.41, 5.74) is 1.48. The van der Waals surface area contributed by atoms with Crippen molar-refractivity contribution in [3.63, 3.8) is 0 Å². The minimum absolute atomic E-state index is 0.105. The van der Waals surface area contributed by atoms with Crippen molar-refractivity contribution < 1.29 is 14.4 Å². The van der Waals surface area contributed by atoms with Crippen LogP contribution in [0, 0.1) is 23.2 Å². The first-order valence-electron chi connectivity index (χ1n) is 9.68. The zero-order valence-electron chi connectivity index (χ0n) is 15.7. The van der Waals surface area contributed by atoms with Crippen molar-refractivity contribution in [3.05, 3.63) is 35.4 Å². The summed E-state index contributed by atoms with van der Waals surface area (Å²) in [5.74, 6) is 2.38. The summed E-state index contributed by atoms with van der Waals surface area (Å²) in [6.45, 7) is 0.523. The van der Waals surface area contributed by atoms with Crippen LogP contribution in [0.15, 0.2) is 24.3 Å². The summed E-state index contributed by atoms with van der Waals surface area (Å²) in [5, 5.41) is 4.38. The number of hydroxylamine groups is 2. The van der Waals surface area contributed by atoms with Crippen molar-refractivity contribution in [2.75, 3.05) is 14.2 Å². The van der Waals surface area contributed by atoms with Crippen LogP contribution < -0.4 is 5.32 Å². The number of amides is 2. The molecule has 0 heterocycles. The molecule has 1 aromatic carbocycles. The van der Waals surface area contributed by atoms with Gasteiger partial charge >= 0.3 is 0 Å². The van der Waals surface area contributed by atoms with Gasteiger partial charge < -0.3 is 5.32 Å². The molecule has 0 aliphatic heterocycles. The number of nitrogens with one attached hydrogen (secondary N) is 1. The first-order valence-corrected chi connectivity index (χ1v) is 9.68. The number of hydrogen-bond donors (Lipinski definition) is 1. The Bertz CT molecular complexity index is 662. The van der Waals surface area contributed by atoms with E-state index in [2.05, 4.69) is 5.32 Å². The van der Waals surface area contributed by atoms with Crippen LogP contribution in [0.3, 0.4) is 0 Å². The van der Waals surface area contributed by atoms with Gasteiger partial charge in [0, 0.05) is 24.6 Å². The summed E-state index contributed by atoms with van der Waals surface area (Å²) in [6.07, 6.45) is 7.29. The van der Waals surface area contributed by atoms with E-state index in [1.54, 1.807) is 19.2 Å². The van der Waals surface area contributed by atoms with E-state index in [9.17, 15) is 9.59 Å². The Morgan fingerprint density at radius 2 is 1.62 bits per heavy atom. The van der Waals surface area contributed by atoms with Crippen LogP contribution in [0.5, 0.6) is 0 Å². The number of hydrogen-bond acceptors (Lipinski definition) is 3.